The summed E-state index contributed by atoms with van der Waals surface area (Å²) in [4.78, 5) is 14.9. The Labute approximate surface area is 212 Å². The van der Waals surface area contributed by atoms with E-state index in [-0.39, 0.29) is 5.95 Å². The van der Waals surface area contributed by atoms with Crippen LogP contribution in [0.15, 0.2) is 36.7 Å². The van der Waals surface area contributed by atoms with Crippen LogP contribution >= 0.6 is 11.3 Å². The zero-order valence-corrected chi connectivity index (χ0v) is 21.0. The normalized spacial score (nSPS) is 18.4. The maximum Gasteiger partial charge on any atom is 0.433 e. The largest absolute Gasteiger partial charge is 0.433 e. The summed E-state index contributed by atoms with van der Waals surface area (Å²) in [6.07, 6.45) is 1.40. The number of nitrogens with one attached hydrogen (secondary N) is 1. The number of hydrogen-bond acceptors (Lipinski definition) is 8. The molecule has 0 saturated carbocycles. The lowest BCUT2D eigenvalue weighted by molar-refractivity contribution is -0.141. The Hall–Kier alpha value is -2.60. The first-order valence-corrected chi connectivity index (χ1v) is 12.8. The van der Waals surface area contributed by atoms with Crippen LogP contribution in [0.5, 0.6) is 0 Å². The average Bonchev–Trinajstić information content (AvgIpc) is 3.48. The summed E-state index contributed by atoms with van der Waals surface area (Å²) in [6, 6.07) is 6.38. The summed E-state index contributed by atoms with van der Waals surface area (Å²) in [5, 5.41) is 24.8. The molecular formula is C25H30F3N5O2S. The monoisotopic (exact) mass is 521 g/mol. The molecule has 0 spiro atoms. The molecule has 1 aromatic carbocycles. The van der Waals surface area contributed by atoms with E-state index in [0.717, 1.165) is 60.6 Å². The molecule has 7 nitrogen and oxygen atoms in total. The number of alkyl halides is 3. The molecular weight excluding hydrogens is 491 g/mol. The molecule has 3 heterocycles. The summed E-state index contributed by atoms with van der Waals surface area (Å²) in [6.45, 7) is 5.42. The maximum atomic E-state index is 13.0. The number of aliphatic hydroxyl groups excluding tert-OH is 1. The molecule has 1 fully saturated rings. The number of aliphatic hydroxyl groups is 2. The van der Waals surface area contributed by atoms with E-state index in [9.17, 15) is 23.4 Å². The fraction of sp³-hybridized carbons (Fsp3) is 0.480. The number of nitrogens with zero attached hydrogens (tertiary/aromatic N) is 4. The first kappa shape index (κ1) is 26.5. The summed E-state index contributed by atoms with van der Waals surface area (Å²) in [7, 11) is 0. The van der Waals surface area contributed by atoms with Gasteiger partial charge in [0.15, 0.2) is 0 Å². The van der Waals surface area contributed by atoms with Crippen molar-refractivity contribution in [3.05, 3.63) is 52.9 Å². The fourth-order valence-corrected chi connectivity index (χ4v) is 5.50. The van der Waals surface area contributed by atoms with Crippen molar-refractivity contribution in [1.29, 1.82) is 0 Å². The van der Waals surface area contributed by atoms with Crippen LogP contribution in [-0.2, 0) is 11.8 Å². The van der Waals surface area contributed by atoms with E-state index in [1.54, 1.807) is 18.3 Å². The van der Waals surface area contributed by atoms with Gasteiger partial charge in [-0.3, -0.25) is 4.90 Å². The van der Waals surface area contributed by atoms with E-state index in [1.807, 2.05) is 24.8 Å². The molecule has 2 atom stereocenters. The van der Waals surface area contributed by atoms with Gasteiger partial charge in [0.05, 0.1) is 4.88 Å². The predicted molar refractivity (Wildman–Crippen MR) is 133 cm³/mol. The van der Waals surface area contributed by atoms with Crippen LogP contribution in [0, 0.1) is 6.92 Å². The quantitative estimate of drug-likeness (QED) is 0.344. The van der Waals surface area contributed by atoms with E-state index >= 15 is 0 Å². The van der Waals surface area contributed by atoms with Gasteiger partial charge in [0.2, 0.25) is 5.95 Å². The third-order valence-corrected chi connectivity index (χ3v) is 7.66. The van der Waals surface area contributed by atoms with Crippen LogP contribution < -0.4 is 5.32 Å². The minimum atomic E-state index is -4.56. The average molecular weight is 522 g/mol. The van der Waals surface area contributed by atoms with Crippen LogP contribution in [0.4, 0.5) is 24.8 Å². The molecule has 3 N–H and O–H groups in total. The Kier molecular flexibility index (Phi) is 7.93. The number of anilines is 2. The van der Waals surface area contributed by atoms with E-state index in [1.165, 1.54) is 11.3 Å². The second-order valence-corrected chi connectivity index (χ2v) is 10.2. The summed E-state index contributed by atoms with van der Waals surface area (Å²) in [5.74, 6) is -0.144. The van der Waals surface area contributed by atoms with Gasteiger partial charge >= 0.3 is 6.18 Å². The first-order valence-electron chi connectivity index (χ1n) is 12.0. The number of likely N-dealkylation sites (tertiary alicyclic amines) is 1. The SMILES string of the molecule is CCC(O)(CCCN1CCCC1O)c1ncc(-c2cc(C)cc(Nc3nccc(C(F)(F)F)n3)c2)s1. The van der Waals surface area contributed by atoms with Crippen LogP contribution in [0.1, 0.15) is 55.3 Å². The van der Waals surface area contributed by atoms with Crippen molar-refractivity contribution in [2.45, 2.75) is 64.0 Å². The van der Waals surface area contributed by atoms with Crippen molar-refractivity contribution in [1.82, 2.24) is 19.9 Å². The summed E-state index contributed by atoms with van der Waals surface area (Å²) < 4.78 is 39.0. The molecule has 0 bridgehead atoms. The highest BCUT2D eigenvalue weighted by molar-refractivity contribution is 7.15. The van der Waals surface area contributed by atoms with Crippen LogP contribution in [-0.4, -0.2) is 49.4 Å². The predicted octanol–water partition coefficient (Wildman–Crippen LogP) is 5.46. The number of halogens is 3. The minimum Gasteiger partial charge on any atom is -0.383 e. The van der Waals surface area contributed by atoms with E-state index in [0.29, 0.717) is 23.5 Å². The van der Waals surface area contributed by atoms with E-state index in [2.05, 4.69) is 20.3 Å². The number of aromatic nitrogens is 3. The lowest BCUT2D eigenvalue weighted by atomic mass is 9.95. The molecule has 36 heavy (non-hydrogen) atoms. The molecule has 0 radical (unpaired) electrons. The molecule has 2 aromatic heterocycles. The number of aryl methyl sites for hydroxylation is 1. The molecule has 0 amide bonds. The molecule has 1 aliphatic rings. The van der Waals surface area contributed by atoms with Gasteiger partial charge in [0.1, 0.15) is 22.5 Å². The number of rotatable bonds is 9. The minimum absolute atomic E-state index is 0.144. The van der Waals surface area contributed by atoms with E-state index in [4.69, 9.17) is 0 Å². The van der Waals surface area contributed by atoms with Gasteiger partial charge in [-0.05, 0) is 68.4 Å². The second-order valence-electron chi connectivity index (χ2n) is 9.15. The van der Waals surface area contributed by atoms with Crippen LogP contribution in [0.3, 0.4) is 0 Å². The fourth-order valence-electron chi connectivity index (χ4n) is 4.41. The highest BCUT2D eigenvalue weighted by atomic mass is 32.1. The Morgan fingerprint density at radius 2 is 2.03 bits per heavy atom. The molecule has 1 saturated heterocycles. The summed E-state index contributed by atoms with van der Waals surface area (Å²) in [5.41, 5.74) is 0.190. The van der Waals surface area contributed by atoms with E-state index < -0.39 is 23.7 Å². The third-order valence-electron chi connectivity index (χ3n) is 6.42. The lowest BCUT2D eigenvalue weighted by Gasteiger charge is -2.26. The smallest absolute Gasteiger partial charge is 0.383 e. The molecule has 3 aromatic rings. The lowest BCUT2D eigenvalue weighted by Crippen LogP contribution is -2.32. The highest BCUT2D eigenvalue weighted by Crippen LogP contribution is 2.38. The zero-order valence-electron chi connectivity index (χ0n) is 20.2. The maximum absolute atomic E-state index is 13.0. The van der Waals surface area contributed by atoms with Crippen molar-refractivity contribution in [2.24, 2.45) is 0 Å². The molecule has 2 unspecified atom stereocenters. The van der Waals surface area contributed by atoms with Gasteiger partial charge in [-0.1, -0.05) is 13.0 Å². The zero-order chi connectivity index (χ0) is 25.9. The number of thiazole rings is 1. The van der Waals surface area contributed by atoms with Gasteiger partial charge in [-0.15, -0.1) is 11.3 Å². The highest BCUT2D eigenvalue weighted by Gasteiger charge is 2.33. The molecule has 194 valence electrons. The van der Waals surface area contributed by atoms with Gasteiger partial charge in [-0.25, -0.2) is 15.0 Å². The Morgan fingerprint density at radius 3 is 2.72 bits per heavy atom. The van der Waals surface area contributed by atoms with Crippen LogP contribution in [0.2, 0.25) is 0 Å². The van der Waals surface area contributed by atoms with Crippen molar-refractivity contribution >= 4 is 23.0 Å². The third kappa shape index (κ3) is 6.20. The summed E-state index contributed by atoms with van der Waals surface area (Å²) >= 11 is 1.40. The van der Waals surface area contributed by atoms with Crippen molar-refractivity contribution < 1.29 is 23.4 Å². The Balaban J connectivity index is 1.49. The number of benzene rings is 1. The van der Waals surface area contributed by atoms with Gasteiger partial charge < -0.3 is 15.5 Å². The van der Waals surface area contributed by atoms with Crippen molar-refractivity contribution in [3.63, 3.8) is 0 Å². The first-order chi connectivity index (χ1) is 17.1. The topological polar surface area (TPSA) is 94.4 Å². The second kappa shape index (κ2) is 10.8. The number of hydrogen-bond donors (Lipinski definition) is 3. The van der Waals surface area contributed by atoms with Gasteiger partial charge in [0, 0.05) is 31.2 Å². The Morgan fingerprint density at radius 1 is 1.22 bits per heavy atom. The molecule has 0 aliphatic carbocycles. The van der Waals surface area contributed by atoms with Gasteiger partial charge in [0.25, 0.3) is 0 Å². The van der Waals surface area contributed by atoms with Crippen molar-refractivity contribution in [3.8, 4) is 10.4 Å². The standard InChI is InChI=1S/C25H30F3N5O2S/c1-3-24(35,8-5-11-33-10-4-6-21(33)34)22-30-15-19(36-22)17-12-16(2)13-18(14-17)31-23-29-9-7-20(32-23)25(26,27)28/h7,9,12-15,21,34-35H,3-6,8,10-11H2,1-2H3,(H,29,31,32). The van der Waals surface area contributed by atoms with Crippen molar-refractivity contribution in [2.75, 3.05) is 18.4 Å². The van der Waals surface area contributed by atoms with Crippen LogP contribution in [0.25, 0.3) is 10.4 Å². The Bertz CT molecular complexity index is 1190. The molecule has 11 heteroatoms. The molecule has 4 rings (SSSR count). The van der Waals surface area contributed by atoms with Gasteiger partial charge in [-0.2, -0.15) is 13.2 Å². The molecule has 1 aliphatic heterocycles.